The minimum atomic E-state index is -1.11. The maximum Gasteiger partial charge on any atom is 0.281 e. The molecule has 0 fully saturated rings. The number of fused-ring (bicyclic) bond motifs is 4. The van der Waals surface area contributed by atoms with Crippen LogP contribution in [0.4, 0.5) is 0 Å². The lowest BCUT2D eigenvalue weighted by molar-refractivity contribution is 0.147. The summed E-state index contributed by atoms with van der Waals surface area (Å²) in [5.74, 6) is 0. The van der Waals surface area contributed by atoms with E-state index >= 15 is 0 Å². The number of pyridine rings is 1. The zero-order valence-electron chi connectivity index (χ0n) is 21.9. The molecule has 1 aliphatic rings. The van der Waals surface area contributed by atoms with Crippen LogP contribution < -0.4 is 5.56 Å². The van der Waals surface area contributed by atoms with Crippen LogP contribution in [0.1, 0.15) is 11.8 Å². The molecular formula is C36H23N3O2. The van der Waals surface area contributed by atoms with Gasteiger partial charge in [-0.05, 0) is 69.3 Å². The van der Waals surface area contributed by atoms with Gasteiger partial charge in [0.15, 0.2) is 11.7 Å². The Morgan fingerprint density at radius 2 is 1.10 bits per heavy atom. The summed E-state index contributed by atoms with van der Waals surface area (Å²) in [5, 5.41) is 12.2. The van der Waals surface area contributed by atoms with Gasteiger partial charge in [-0.2, -0.15) is 0 Å². The third-order valence-electron chi connectivity index (χ3n) is 7.98. The fraction of sp³-hybridized carbons (Fsp3) is 0.0278. The molecule has 0 radical (unpaired) electrons. The first-order valence-electron chi connectivity index (χ1n) is 13.5. The monoisotopic (exact) mass is 529 g/mol. The first kappa shape index (κ1) is 23.5. The van der Waals surface area contributed by atoms with Gasteiger partial charge in [-0.25, -0.2) is 4.98 Å². The summed E-state index contributed by atoms with van der Waals surface area (Å²) in [6, 6.07) is 39.3. The van der Waals surface area contributed by atoms with Crippen LogP contribution in [-0.2, 0) is 0 Å². The van der Waals surface area contributed by atoms with E-state index in [-0.39, 0.29) is 11.1 Å². The van der Waals surface area contributed by atoms with Crippen LogP contribution in [0.2, 0.25) is 0 Å². The Morgan fingerprint density at radius 3 is 1.76 bits per heavy atom. The maximum atomic E-state index is 13.6. The topological polar surface area (TPSA) is 68.0 Å². The largest absolute Gasteiger partial charge is 0.369 e. The van der Waals surface area contributed by atoms with Crippen LogP contribution in [0, 0.1) is 0 Å². The fourth-order valence-corrected chi connectivity index (χ4v) is 6.08. The van der Waals surface area contributed by atoms with Crippen molar-refractivity contribution in [3.05, 3.63) is 144 Å². The van der Waals surface area contributed by atoms with Gasteiger partial charge in [-0.1, -0.05) is 84.9 Å². The lowest BCUT2D eigenvalue weighted by Crippen LogP contribution is -2.29. The first-order chi connectivity index (χ1) is 20.2. The second kappa shape index (κ2) is 9.08. The zero-order valence-corrected chi connectivity index (χ0v) is 21.9. The van der Waals surface area contributed by atoms with Gasteiger partial charge in [-0.3, -0.25) is 14.3 Å². The number of benzene rings is 5. The molecular weight excluding hydrogens is 506 g/mol. The lowest BCUT2D eigenvalue weighted by atomic mass is 9.87. The molecule has 1 N–H and O–H groups in total. The molecule has 5 aromatic carbocycles. The van der Waals surface area contributed by atoms with Crippen LogP contribution in [-0.4, -0.2) is 19.6 Å². The van der Waals surface area contributed by atoms with E-state index in [2.05, 4.69) is 88.8 Å². The standard InChI is InChI=1S/C36H23N3O2/c40-35-29-14-8-7-13-28(29)30-20-27(21-31-32-33(38-16-15-37-32)36(41)39(35)34(30)31)26-18-24(22-9-3-1-4-10-22)17-25(19-26)23-11-5-2-6-12-23/h1-21,35,40H. The Hall–Kier alpha value is -5.39. The predicted molar refractivity (Wildman–Crippen MR) is 163 cm³/mol. The Morgan fingerprint density at radius 1 is 0.561 bits per heavy atom. The molecule has 41 heavy (non-hydrogen) atoms. The van der Waals surface area contributed by atoms with Crippen molar-refractivity contribution in [3.8, 4) is 44.5 Å². The molecule has 0 aliphatic carbocycles. The minimum Gasteiger partial charge on any atom is -0.369 e. The highest BCUT2D eigenvalue weighted by atomic mass is 16.3. The fourth-order valence-electron chi connectivity index (χ4n) is 6.08. The molecule has 1 unspecified atom stereocenters. The van der Waals surface area contributed by atoms with E-state index in [1.807, 2.05) is 36.4 Å². The third kappa shape index (κ3) is 3.64. The molecule has 0 saturated heterocycles. The SMILES string of the molecule is O=c1c2nccnc2c2cc(-c3cc(-c4ccccc4)cc(-c4ccccc4)c3)cc3c2n1C(O)c1ccccc1-3. The van der Waals surface area contributed by atoms with Gasteiger partial charge in [0.25, 0.3) is 5.56 Å². The summed E-state index contributed by atoms with van der Waals surface area (Å²) >= 11 is 0. The van der Waals surface area contributed by atoms with Gasteiger partial charge < -0.3 is 5.11 Å². The van der Waals surface area contributed by atoms with E-state index < -0.39 is 6.23 Å². The predicted octanol–water partition coefficient (Wildman–Crippen LogP) is 7.47. The second-order valence-electron chi connectivity index (χ2n) is 10.3. The van der Waals surface area contributed by atoms with Gasteiger partial charge in [0.2, 0.25) is 0 Å². The molecule has 5 nitrogen and oxygen atoms in total. The van der Waals surface area contributed by atoms with Crippen LogP contribution >= 0.6 is 0 Å². The smallest absolute Gasteiger partial charge is 0.281 e. The Balaban J connectivity index is 1.49. The number of hydrogen-bond donors (Lipinski definition) is 1. The Kier molecular flexibility index (Phi) is 5.20. The number of rotatable bonds is 3. The van der Waals surface area contributed by atoms with Crippen LogP contribution in [0.5, 0.6) is 0 Å². The molecule has 0 amide bonds. The lowest BCUT2D eigenvalue weighted by Gasteiger charge is -2.28. The van der Waals surface area contributed by atoms with Crippen LogP contribution in [0.3, 0.4) is 0 Å². The number of hydrogen-bond acceptors (Lipinski definition) is 4. The van der Waals surface area contributed by atoms with Gasteiger partial charge in [0.1, 0.15) is 5.52 Å². The van der Waals surface area contributed by atoms with Gasteiger partial charge in [-0.15, -0.1) is 0 Å². The summed E-state index contributed by atoms with van der Waals surface area (Å²) in [6.07, 6.45) is 2.01. The van der Waals surface area contributed by atoms with E-state index in [0.717, 1.165) is 49.9 Å². The Labute approximate surface area is 235 Å². The molecule has 8 rings (SSSR count). The highest BCUT2D eigenvalue weighted by Gasteiger charge is 2.29. The summed E-state index contributed by atoms with van der Waals surface area (Å²) in [5.41, 5.74) is 10.1. The number of aromatic nitrogens is 3. The van der Waals surface area contributed by atoms with E-state index in [4.69, 9.17) is 0 Å². The van der Waals surface area contributed by atoms with E-state index in [0.29, 0.717) is 16.6 Å². The van der Waals surface area contributed by atoms with Crippen molar-refractivity contribution < 1.29 is 5.11 Å². The van der Waals surface area contributed by atoms with Gasteiger partial charge in [0.05, 0.1) is 5.52 Å². The highest BCUT2D eigenvalue weighted by molar-refractivity contribution is 6.10. The average molecular weight is 530 g/mol. The summed E-state index contributed by atoms with van der Waals surface area (Å²) in [7, 11) is 0. The van der Waals surface area contributed by atoms with E-state index in [1.165, 1.54) is 10.8 Å². The first-order valence-corrected chi connectivity index (χ1v) is 13.5. The number of aliphatic hydroxyl groups is 1. The summed E-state index contributed by atoms with van der Waals surface area (Å²) < 4.78 is 1.46. The van der Waals surface area contributed by atoms with Crippen molar-refractivity contribution in [2.75, 3.05) is 0 Å². The molecule has 5 heteroatoms. The number of nitrogens with zero attached hydrogens (tertiary/aromatic N) is 3. The molecule has 0 bridgehead atoms. The van der Waals surface area contributed by atoms with E-state index in [1.54, 1.807) is 6.20 Å². The van der Waals surface area contributed by atoms with Crippen molar-refractivity contribution in [2.45, 2.75) is 6.23 Å². The second-order valence-corrected chi connectivity index (χ2v) is 10.3. The normalized spacial score (nSPS) is 13.8. The molecule has 3 heterocycles. The maximum absolute atomic E-state index is 13.6. The minimum absolute atomic E-state index is 0.240. The summed E-state index contributed by atoms with van der Waals surface area (Å²) in [4.78, 5) is 22.6. The van der Waals surface area contributed by atoms with E-state index in [9.17, 15) is 9.90 Å². The molecule has 194 valence electrons. The van der Waals surface area contributed by atoms with Crippen LogP contribution in [0.25, 0.3) is 66.4 Å². The van der Waals surface area contributed by atoms with Crippen LogP contribution in [0.15, 0.2) is 132 Å². The van der Waals surface area contributed by atoms with Crippen molar-refractivity contribution >= 4 is 21.9 Å². The average Bonchev–Trinajstić information content (AvgIpc) is 3.05. The number of aliphatic hydroxyl groups excluding tert-OH is 1. The molecule has 0 spiro atoms. The summed E-state index contributed by atoms with van der Waals surface area (Å²) in [6.45, 7) is 0. The zero-order chi connectivity index (χ0) is 27.5. The third-order valence-corrected chi connectivity index (χ3v) is 7.98. The molecule has 0 saturated carbocycles. The molecule has 1 aliphatic heterocycles. The van der Waals surface area contributed by atoms with Crippen molar-refractivity contribution in [2.24, 2.45) is 0 Å². The molecule has 7 aromatic rings. The molecule has 2 aromatic heterocycles. The van der Waals surface area contributed by atoms with Gasteiger partial charge >= 0.3 is 0 Å². The van der Waals surface area contributed by atoms with Gasteiger partial charge in [0, 0.05) is 28.9 Å². The quantitative estimate of drug-likeness (QED) is 0.241. The molecule has 1 atom stereocenters. The van der Waals surface area contributed by atoms with Crippen molar-refractivity contribution in [3.63, 3.8) is 0 Å². The highest BCUT2D eigenvalue weighted by Crippen LogP contribution is 2.44. The van der Waals surface area contributed by atoms with Crippen molar-refractivity contribution in [1.82, 2.24) is 14.5 Å². The van der Waals surface area contributed by atoms with Crippen molar-refractivity contribution in [1.29, 1.82) is 0 Å². The Bertz CT molecular complexity index is 2130.